The lowest BCUT2D eigenvalue weighted by atomic mass is 10.0. The van der Waals surface area contributed by atoms with Gasteiger partial charge in [0.2, 0.25) is 5.91 Å². The van der Waals surface area contributed by atoms with Crippen LogP contribution in [-0.2, 0) is 11.2 Å². The fraction of sp³-hybridized carbons (Fsp3) is 0.278. The summed E-state index contributed by atoms with van der Waals surface area (Å²) in [6.45, 7) is 2.03. The van der Waals surface area contributed by atoms with Crippen molar-refractivity contribution >= 4 is 34.2 Å². The number of benzene rings is 2. The minimum atomic E-state index is -0.272. The maximum atomic E-state index is 13.5. The molecule has 1 amide bonds. The maximum absolute atomic E-state index is 13.5. The van der Waals surface area contributed by atoms with Crippen molar-refractivity contribution in [1.82, 2.24) is 10.2 Å². The quantitative estimate of drug-likeness (QED) is 0.832. The van der Waals surface area contributed by atoms with E-state index < -0.39 is 0 Å². The number of halogens is 3. The first-order chi connectivity index (χ1) is 11.1. The van der Waals surface area contributed by atoms with Crippen molar-refractivity contribution in [1.29, 1.82) is 0 Å². The molecule has 0 bridgehead atoms. The van der Waals surface area contributed by atoms with E-state index in [1.165, 1.54) is 12.1 Å². The number of nitrogens with zero attached hydrogens (tertiary/aromatic N) is 1. The molecule has 0 saturated carbocycles. The van der Waals surface area contributed by atoms with Crippen molar-refractivity contribution in [2.24, 2.45) is 0 Å². The number of piperazine rings is 1. The Morgan fingerprint density at radius 3 is 2.79 bits per heavy atom. The molecule has 1 aliphatic heterocycles. The molecule has 3 rings (SSSR count). The molecule has 2 aromatic rings. The van der Waals surface area contributed by atoms with Crippen molar-refractivity contribution in [2.45, 2.75) is 12.5 Å². The fourth-order valence-corrected chi connectivity index (χ4v) is 3.35. The predicted octanol–water partition coefficient (Wildman–Crippen LogP) is 3.73. The number of rotatable bonds is 3. The lowest BCUT2D eigenvalue weighted by Gasteiger charge is -2.36. The van der Waals surface area contributed by atoms with Crippen molar-refractivity contribution in [3.8, 4) is 0 Å². The Bertz CT molecular complexity index is 713. The molecule has 1 unspecified atom stereocenters. The zero-order chi connectivity index (χ0) is 16.2. The molecule has 1 saturated heterocycles. The van der Waals surface area contributed by atoms with E-state index in [-0.39, 0.29) is 30.2 Å². The highest BCUT2D eigenvalue weighted by Crippen LogP contribution is 2.25. The first kappa shape index (κ1) is 18.9. The summed E-state index contributed by atoms with van der Waals surface area (Å²) in [5, 5.41) is 3.29. The van der Waals surface area contributed by atoms with Crippen molar-refractivity contribution in [3.63, 3.8) is 0 Å². The minimum Gasteiger partial charge on any atom is -0.333 e. The molecule has 2 aromatic carbocycles. The third kappa shape index (κ3) is 4.35. The van der Waals surface area contributed by atoms with Crippen LogP contribution in [0.15, 0.2) is 53.0 Å². The number of carbonyl (C=O) groups excluding carboxylic acids is 1. The van der Waals surface area contributed by atoms with Gasteiger partial charge < -0.3 is 10.2 Å². The summed E-state index contributed by atoms with van der Waals surface area (Å²) in [6.07, 6.45) is 0.341. The van der Waals surface area contributed by atoms with Gasteiger partial charge in [0.25, 0.3) is 0 Å². The van der Waals surface area contributed by atoms with E-state index in [1.807, 2.05) is 35.2 Å². The number of nitrogens with one attached hydrogen (secondary N) is 1. The van der Waals surface area contributed by atoms with Crippen LogP contribution in [0, 0.1) is 5.82 Å². The largest absolute Gasteiger partial charge is 0.333 e. The van der Waals surface area contributed by atoms with Crippen LogP contribution in [0.3, 0.4) is 0 Å². The third-order valence-electron chi connectivity index (χ3n) is 4.10. The van der Waals surface area contributed by atoms with Gasteiger partial charge in [-0.2, -0.15) is 0 Å². The normalized spacial score (nSPS) is 17.2. The third-order valence-corrected chi connectivity index (χ3v) is 4.87. The van der Waals surface area contributed by atoms with Crippen LogP contribution in [0.2, 0.25) is 0 Å². The molecule has 0 aliphatic carbocycles. The van der Waals surface area contributed by atoms with Crippen LogP contribution in [0.25, 0.3) is 0 Å². The van der Waals surface area contributed by atoms with Gasteiger partial charge in [-0.15, -0.1) is 12.4 Å². The first-order valence-corrected chi connectivity index (χ1v) is 8.43. The molecule has 0 spiro atoms. The molecule has 1 heterocycles. The molecule has 1 aliphatic rings. The summed E-state index contributed by atoms with van der Waals surface area (Å²) in [5.74, 6) is -0.209. The molecular formula is C18H19BrClFN2O. The van der Waals surface area contributed by atoms with E-state index in [1.54, 1.807) is 6.07 Å². The number of amides is 1. The lowest BCUT2D eigenvalue weighted by molar-refractivity contribution is -0.133. The SMILES string of the molecule is Cl.O=C(Cc1ccccc1Br)N1CCNCC1c1cccc(F)c1. The standard InChI is InChI=1S/C18H18BrFN2O.ClH/c19-16-7-2-1-4-13(16)11-18(23)22-9-8-21-12-17(22)14-5-3-6-15(20)10-14;/h1-7,10,17,21H,8-9,11-12H2;1H. The Labute approximate surface area is 155 Å². The second-order valence-electron chi connectivity index (χ2n) is 5.63. The zero-order valence-corrected chi connectivity index (χ0v) is 15.4. The molecule has 0 radical (unpaired) electrons. The van der Waals surface area contributed by atoms with Gasteiger partial charge in [-0.3, -0.25) is 4.79 Å². The molecular weight excluding hydrogens is 395 g/mol. The van der Waals surface area contributed by atoms with E-state index in [2.05, 4.69) is 21.2 Å². The highest BCUT2D eigenvalue weighted by atomic mass is 79.9. The zero-order valence-electron chi connectivity index (χ0n) is 13.0. The molecule has 6 heteroatoms. The number of hydrogen-bond donors (Lipinski definition) is 1. The highest BCUT2D eigenvalue weighted by molar-refractivity contribution is 9.10. The summed E-state index contributed by atoms with van der Waals surface area (Å²) < 4.78 is 14.5. The highest BCUT2D eigenvalue weighted by Gasteiger charge is 2.28. The minimum absolute atomic E-state index is 0. The van der Waals surface area contributed by atoms with E-state index in [9.17, 15) is 9.18 Å². The Kier molecular flexibility index (Phi) is 6.78. The average molecular weight is 414 g/mol. The first-order valence-electron chi connectivity index (χ1n) is 7.64. The van der Waals surface area contributed by atoms with Crippen LogP contribution >= 0.6 is 28.3 Å². The molecule has 0 aromatic heterocycles. The van der Waals surface area contributed by atoms with E-state index in [0.717, 1.165) is 22.1 Å². The molecule has 3 nitrogen and oxygen atoms in total. The van der Waals surface area contributed by atoms with Crippen LogP contribution in [0.1, 0.15) is 17.2 Å². The van der Waals surface area contributed by atoms with Crippen LogP contribution in [0.5, 0.6) is 0 Å². The van der Waals surface area contributed by atoms with Crippen LogP contribution < -0.4 is 5.32 Å². The van der Waals surface area contributed by atoms with Gasteiger partial charge in [-0.25, -0.2) is 4.39 Å². The van der Waals surface area contributed by atoms with Crippen molar-refractivity contribution < 1.29 is 9.18 Å². The van der Waals surface area contributed by atoms with Gasteiger partial charge >= 0.3 is 0 Å². The summed E-state index contributed by atoms with van der Waals surface area (Å²) in [4.78, 5) is 14.6. The van der Waals surface area contributed by atoms with Crippen LogP contribution in [-0.4, -0.2) is 30.4 Å². The summed E-state index contributed by atoms with van der Waals surface area (Å²) in [5.41, 5.74) is 1.80. The molecule has 1 fully saturated rings. The second-order valence-corrected chi connectivity index (χ2v) is 6.48. The van der Waals surface area contributed by atoms with Crippen LogP contribution in [0.4, 0.5) is 4.39 Å². The smallest absolute Gasteiger partial charge is 0.227 e. The number of carbonyl (C=O) groups is 1. The Hall–Kier alpha value is -1.43. The lowest BCUT2D eigenvalue weighted by Crippen LogP contribution is -2.49. The Balaban J connectivity index is 0.00000208. The summed E-state index contributed by atoms with van der Waals surface area (Å²) >= 11 is 3.49. The van der Waals surface area contributed by atoms with Gasteiger partial charge in [0.1, 0.15) is 5.82 Å². The molecule has 128 valence electrons. The average Bonchev–Trinajstić information content (AvgIpc) is 2.57. The van der Waals surface area contributed by atoms with E-state index in [4.69, 9.17) is 0 Å². The van der Waals surface area contributed by atoms with Gasteiger partial charge in [0.05, 0.1) is 12.5 Å². The van der Waals surface area contributed by atoms with Crippen molar-refractivity contribution in [3.05, 3.63) is 69.9 Å². The van der Waals surface area contributed by atoms with Crippen molar-refractivity contribution in [2.75, 3.05) is 19.6 Å². The van der Waals surface area contributed by atoms with Gasteiger partial charge in [-0.05, 0) is 29.3 Å². The topological polar surface area (TPSA) is 32.3 Å². The van der Waals surface area contributed by atoms with Gasteiger partial charge in [0.15, 0.2) is 0 Å². The summed E-state index contributed by atoms with van der Waals surface area (Å²) in [6, 6.07) is 14.1. The molecule has 1 N–H and O–H groups in total. The van der Waals surface area contributed by atoms with E-state index >= 15 is 0 Å². The van der Waals surface area contributed by atoms with Gasteiger partial charge in [0, 0.05) is 24.1 Å². The Morgan fingerprint density at radius 2 is 2.04 bits per heavy atom. The molecule has 24 heavy (non-hydrogen) atoms. The Morgan fingerprint density at radius 1 is 1.25 bits per heavy atom. The second kappa shape index (κ2) is 8.60. The fourth-order valence-electron chi connectivity index (χ4n) is 2.92. The maximum Gasteiger partial charge on any atom is 0.227 e. The monoisotopic (exact) mass is 412 g/mol. The van der Waals surface area contributed by atoms with E-state index in [0.29, 0.717) is 19.5 Å². The van der Waals surface area contributed by atoms with Gasteiger partial charge in [-0.1, -0.05) is 46.3 Å². The molecule has 1 atom stereocenters. The predicted molar refractivity (Wildman–Crippen MR) is 98.8 cm³/mol. The summed E-state index contributed by atoms with van der Waals surface area (Å²) in [7, 11) is 0. The number of hydrogen-bond acceptors (Lipinski definition) is 2.